The minimum Gasteiger partial charge on any atom is -0.497 e. The first-order valence-corrected chi connectivity index (χ1v) is 7.73. The van der Waals surface area contributed by atoms with Gasteiger partial charge in [0.15, 0.2) is 0 Å². The lowest BCUT2D eigenvalue weighted by Crippen LogP contribution is -1.81. The van der Waals surface area contributed by atoms with Gasteiger partial charge in [0.05, 0.1) is 18.7 Å². The van der Waals surface area contributed by atoms with Gasteiger partial charge in [-0.15, -0.1) is 0 Å². The van der Waals surface area contributed by atoms with E-state index in [2.05, 4.69) is 6.07 Å². The third-order valence-electron chi connectivity index (χ3n) is 2.37. The summed E-state index contributed by atoms with van der Waals surface area (Å²) in [5.74, 6) is 0.926. The van der Waals surface area contributed by atoms with Crippen LogP contribution in [0.4, 0.5) is 0 Å². The molecule has 0 aliphatic carbocycles. The highest BCUT2D eigenvalue weighted by atomic mass is 16.5. The smallest absolute Gasteiger partial charge is 0.119 e. The number of nitrogens with zero attached hydrogens (tertiary/aromatic N) is 1. The van der Waals surface area contributed by atoms with Gasteiger partial charge in [0.25, 0.3) is 0 Å². The Balaban J connectivity index is 0. The SMILES string of the molecule is CC.CC.COc1cccc(C)c1.Cc1cccc(C#N)c1. The molecule has 0 spiro atoms. The Morgan fingerprint density at radius 2 is 1.32 bits per heavy atom. The molecule has 2 heteroatoms. The van der Waals surface area contributed by atoms with Gasteiger partial charge in [-0.25, -0.2) is 0 Å². The van der Waals surface area contributed by atoms with Gasteiger partial charge in [-0.2, -0.15) is 5.26 Å². The Kier molecular flexibility index (Phi) is 15.1. The van der Waals surface area contributed by atoms with Crippen LogP contribution >= 0.6 is 0 Å². The lowest BCUT2D eigenvalue weighted by Gasteiger charge is -1.97. The van der Waals surface area contributed by atoms with Crippen LogP contribution in [-0.2, 0) is 0 Å². The quantitative estimate of drug-likeness (QED) is 0.654. The second-order valence-electron chi connectivity index (χ2n) is 4.00. The van der Waals surface area contributed by atoms with Gasteiger partial charge < -0.3 is 4.74 Å². The first kappa shape index (κ1) is 22.0. The molecule has 0 fully saturated rings. The van der Waals surface area contributed by atoms with Crippen LogP contribution in [0.3, 0.4) is 0 Å². The summed E-state index contributed by atoms with van der Waals surface area (Å²) < 4.78 is 5.00. The molecule has 2 rings (SSSR count). The third kappa shape index (κ3) is 10.5. The first-order valence-electron chi connectivity index (χ1n) is 7.73. The van der Waals surface area contributed by atoms with E-state index in [0.29, 0.717) is 0 Å². The lowest BCUT2D eigenvalue weighted by molar-refractivity contribution is 0.414. The fourth-order valence-electron chi connectivity index (χ4n) is 1.46. The van der Waals surface area contributed by atoms with E-state index in [1.165, 1.54) is 5.56 Å². The number of methoxy groups -OCH3 is 1. The van der Waals surface area contributed by atoms with E-state index >= 15 is 0 Å². The van der Waals surface area contributed by atoms with E-state index < -0.39 is 0 Å². The number of aryl methyl sites for hydroxylation is 2. The predicted molar refractivity (Wildman–Crippen MR) is 96.3 cm³/mol. The van der Waals surface area contributed by atoms with Crippen molar-refractivity contribution in [2.75, 3.05) is 7.11 Å². The minimum atomic E-state index is 0.731. The van der Waals surface area contributed by atoms with E-state index in [0.717, 1.165) is 16.9 Å². The van der Waals surface area contributed by atoms with Gasteiger partial charge in [-0.05, 0) is 49.2 Å². The molecule has 2 nitrogen and oxygen atoms in total. The van der Waals surface area contributed by atoms with Crippen molar-refractivity contribution in [2.45, 2.75) is 41.5 Å². The molecule has 0 amide bonds. The van der Waals surface area contributed by atoms with E-state index in [1.807, 2.05) is 84.0 Å². The summed E-state index contributed by atoms with van der Waals surface area (Å²) >= 11 is 0. The fourth-order valence-corrected chi connectivity index (χ4v) is 1.46. The van der Waals surface area contributed by atoms with E-state index in [9.17, 15) is 0 Å². The highest BCUT2D eigenvalue weighted by molar-refractivity contribution is 5.31. The molecular formula is C20H29NO. The minimum absolute atomic E-state index is 0.731. The van der Waals surface area contributed by atoms with Crippen molar-refractivity contribution in [2.24, 2.45) is 0 Å². The summed E-state index contributed by atoms with van der Waals surface area (Å²) in [7, 11) is 1.68. The number of hydrogen-bond donors (Lipinski definition) is 0. The Morgan fingerprint density at radius 1 is 0.818 bits per heavy atom. The molecule has 0 atom stereocenters. The number of nitriles is 1. The molecule has 0 aromatic heterocycles. The van der Waals surface area contributed by atoms with Crippen molar-refractivity contribution >= 4 is 0 Å². The van der Waals surface area contributed by atoms with Gasteiger partial charge in [0, 0.05) is 0 Å². The molecule has 0 heterocycles. The second-order valence-corrected chi connectivity index (χ2v) is 4.00. The molecular weight excluding hydrogens is 270 g/mol. The van der Waals surface area contributed by atoms with Gasteiger partial charge in [-0.1, -0.05) is 52.0 Å². The van der Waals surface area contributed by atoms with Crippen LogP contribution in [0.15, 0.2) is 48.5 Å². The van der Waals surface area contributed by atoms with Gasteiger partial charge in [0.2, 0.25) is 0 Å². The van der Waals surface area contributed by atoms with Crippen LogP contribution in [0.25, 0.3) is 0 Å². The molecule has 0 bridgehead atoms. The number of ether oxygens (including phenoxy) is 1. The molecule has 0 saturated heterocycles. The zero-order valence-electron chi connectivity index (χ0n) is 15.0. The van der Waals surface area contributed by atoms with Crippen LogP contribution in [0.1, 0.15) is 44.4 Å². The molecule has 0 unspecified atom stereocenters. The van der Waals surface area contributed by atoms with Crippen molar-refractivity contribution < 1.29 is 4.74 Å². The Labute approximate surface area is 136 Å². The largest absolute Gasteiger partial charge is 0.497 e. The molecule has 2 aromatic carbocycles. The third-order valence-corrected chi connectivity index (χ3v) is 2.37. The predicted octanol–water partition coefficient (Wildman–Crippen LogP) is 5.92. The first-order chi connectivity index (χ1) is 10.7. The maximum atomic E-state index is 8.41. The van der Waals surface area contributed by atoms with Gasteiger partial charge >= 0.3 is 0 Å². The summed E-state index contributed by atoms with van der Waals surface area (Å²) in [4.78, 5) is 0. The molecule has 0 saturated carbocycles. The summed E-state index contributed by atoms with van der Waals surface area (Å²) in [6.45, 7) is 12.0. The van der Waals surface area contributed by atoms with E-state index in [4.69, 9.17) is 10.00 Å². The topological polar surface area (TPSA) is 33.0 Å². The zero-order chi connectivity index (χ0) is 17.4. The normalized spacial score (nSPS) is 7.73. The average molecular weight is 299 g/mol. The summed E-state index contributed by atoms with van der Waals surface area (Å²) in [6, 6.07) is 17.5. The van der Waals surface area contributed by atoms with Crippen LogP contribution < -0.4 is 4.74 Å². The molecule has 2 aromatic rings. The Hall–Kier alpha value is -2.27. The molecule has 0 radical (unpaired) electrons. The van der Waals surface area contributed by atoms with Crippen molar-refractivity contribution in [3.05, 3.63) is 65.2 Å². The van der Waals surface area contributed by atoms with Gasteiger partial charge in [0.1, 0.15) is 5.75 Å². The van der Waals surface area contributed by atoms with Crippen molar-refractivity contribution in [3.8, 4) is 11.8 Å². The molecule has 120 valence electrons. The zero-order valence-corrected chi connectivity index (χ0v) is 15.0. The van der Waals surface area contributed by atoms with Crippen molar-refractivity contribution in [1.82, 2.24) is 0 Å². The van der Waals surface area contributed by atoms with Crippen molar-refractivity contribution in [1.29, 1.82) is 5.26 Å². The second kappa shape index (κ2) is 15.1. The van der Waals surface area contributed by atoms with Crippen LogP contribution in [0, 0.1) is 25.2 Å². The maximum absolute atomic E-state index is 8.41. The molecule has 0 N–H and O–H groups in total. The van der Waals surface area contributed by atoms with E-state index in [-0.39, 0.29) is 0 Å². The molecule has 0 aliphatic heterocycles. The standard InChI is InChI=1S/C8H7N.C8H10O.2C2H6/c1-7-3-2-4-8(5-7)6-9;1-7-4-3-5-8(6-7)9-2;2*1-2/h2-5H,1H3;3-6H,1-2H3;2*1-2H3. The highest BCUT2D eigenvalue weighted by Crippen LogP contribution is 2.10. The Bertz CT molecular complexity index is 541. The Morgan fingerprint density at radius 3 is 1.64 bits per heavy atom. The number of rotatable bonds is 1. The highest BCUT2D eigenvalue weighted by Gasteiger charge is 1.87. The van der Waals surface area contributed by atoms with Crippen LogP contribution in [-0.4, -0.2) is 7.11 Å². The van der Waals surface area contributed by atoms with Crippen LogP contribution in [0.2, 0.25) is 0 Å². The number of benzene rings is 2. The fraction of sp³-hybridized carbons (Fsp3) is 0.350. The summed E-state index contributed by atoms with van der Waals surface area (Å²) in [5.41, 5.74) is 3.10. The van der Waals surface area contributed by atoms with Crippen LogP contribution in [0.5, 0.6) is 5.75 Å². The summed E-state index contributed by atoms with van der Waals surface area (Å²) in [6.07, 6.45) is 0. The molecule has 0 aliphatic rings. The molecule has 22 heavy (non-hydrogen) atoms. The monoisotopic (exact) mass is 299 g/mol. The lowest BCUT2D eigenvalue weighted by atomic mass is 10.2. The average Bonchev–Trinajstić information content (AvgIpc) is 2.59. The van der Waals surface area contributed by atoms with Gasteiger partial charge in [-0.3, -0.25) is 0 Å². The summed E-state index contributed by atoms with van der Waals surface area (Å²) in [5, 5.41) is 8.41. The van der Waals surface area contributed by atoms with E-state index in [1.54, 1.807) is 13.2 Å². The van der Waals surface area contributed by atoms with Crippen molar-refractivity contribution in [3.63, 3.8) is 0 Å². The number of hydrogen-bond acceptors (Lipinski definition) is 2. The maximum Gasteiger partial charge on any atom is 0.119 e.